The highest BCUT2D eigenvalue weighted by molar-refractivity contribution is 9.09. The first kappa shape index (κ1) is 6.27. The van der Waals surface area contributed by atoms with Crippen LogP contribution in [0.2, 0.25) is 0 Å². The fraction of sp³-hybridized carbons (Fsp3) is 0.833. The average Bonchev–Trinajstić information content (AvgIpc) is 2.48. The van der Waals surface area contributed by atoms with Crippen LogP contribution in [0.15, 0.2) is 0 Å². The molecule has 0 N–H and O–H groups in total. The van der Waals surface area contributed by atoms with Crippen LogP contribution in [0.25, 0.3) is 0 Å². The molecule has 0 amide bonds. The van der Waals surface area contributed by atoms with Crippen molar-refractivity contribution in [2.24, 2.45) is 11.8 Å². The molecule has 0 saturated heterocycles. The largest absolute Gasteiger partial charge is 0.303 e. The summed E-state index contributed by atoms with van der Waals surface area (Å²) in [5, 5.41) is 1.04. The van der Waals surface area contributed by atoms with Crippen LogP contribution in [0, 0.1) is 11.8 Å². The van der Waals surface area contributed by atoms with E-state index < -0.39 is 0 Å². The van der Waals surface area contributed by atoms with Gasteiger partial charge in [-0.05, 0) is 18.8 Å². The second-order valence-corrected chi connectivity index (χ2v) is 3.07. The molecule has 1 rings (SSSR count). The van der Waals surface area contributed by atoms with Gasteiger partial charge >= 0.3 is 0 Å². The van der Waals surface area contributed by atoms with Gasteiger partial charge in [0.15, 0.2) is 0 Å². The second-order valence-electron chi connectivity index (χ2n) is 2.27. The molecule has 0 spiro atoms. The van der Waals surface area contributed by atoms with Gasteiger partial charge in [-0.15, -0.1) is 0 Å². The predicted molar refractivity (Wildman–Crippen MR) is 36.1 cm³/mol. The van der Waals surface area contributed by atoms with Gasteiger partial charge in [0.25, 0.3) is 0 Å². The van der Waals surface area contributed by atoms with Crippen molar-refractivity contribution >= 4 is 22.2 Å². The number of aldehydes is 1. The van der Waals surface area contributed by atoms with Crippen molar-refractivity contribution in [1.82, 2.24) is 0 Å². The van der Waals surface area contributed by atoms with Crippen LogP contribution < -0.4 is 0 Å². The minimum atomic E-state index is 0.410. The highest BCUT2D eigenvalue weighted by Gasteiger charge is 2.35. The predicted octanol–water partition coefficient (Wildman–Crippen LogP) is 1.61. The monoisotopic (exact) mass is 176 g/mol. The van der Waals surface area contributed by atoms with Crippen molar-refractivity contribution in [3.63, 3.8) is 0 Å². The van der Waals surface area contributed by atoms with Crippen molar-refractivity contribution in [3.05, 3.63) is 0 Å². The Morgan fingerprint density at radius 2 is 2.50 bits per heavy atom. The number of rotatable bonds is 3. The third kappa shape index (κ3) is 1.31. The number of hydrogen-bond acceptors (Lipinski definition) is 1. The Balaban J connectivity index is 2.07. The summed E-state index contributed by atoms with van der Waals surface area (Å²) in [6, 6.07) is 0. The van der Waals surface area contributed by atoms with Crippen molar-refractivity contribution in [3.8, 4) is 0 Å². The minimum Gasteiger partial charge on any atom is -0.303 e. The summed E-state index contributed by atoms with van der Waals surface area (Å²) in [5.41, 5.74) is 0. The van der Waals surface area contributed by atoms with E-state index in [1.807, 2.05) is 0 Å². The Kier molecular flexibility index (Phi) is 2.06. The lowest BCUT2D eigenvalue weighted by Crippen LogP contribution is -1.83. The van der Waals surface area contributed by atoms with Gasteiger partial charge in [-0.2, -0.15) is 0 Å². The van der Waals surface area contributed by atoms with Crippen molar-refractivity contribution in [1.29, 1.82) is 0 Å². The van der Waals surface area contributed by atoms with Crippen molar-refractivity contribution in [2.45, 2.75) is 12.8 Å². The first-order valence-corrected chi connectivity index (χ1v) is 4.02. The molecule has 0 unspecified atom stereocenters. The molecule has 0 bridgehead atoms. The number of carbonyl (C=O) groups excluding carboxylic acids is 1. The van der Waals surface area contributed by atoms with Gasteiger partial charge in [0.2, 0.25) is 0 Å². The molecule has 0 aromatic heterocycles. The van der Waals surface area contributed by atoms with Gasteiger partial charge < -0.3 is 4.79 Å². The molecule has 2 heteroatoms. The van der Waals surface area contributed by atoms with Crippen LogP contribution in [0.4, 0.5) is 0 Å². The Morgan fingerprint density at radius 1 is 1.75 bits per heavy atom. The molecule has 0 aromatic carbocycles. The fourth-order valence-electron chi connectivity index (χ4n) is 0.910. The lowest BCUT2D eigenvalue weighted by Gasteiger charge is -1.84. The summed E-state index contributed by atoms with van der Waals surface area (Å²) in [5.74, 6) is 1.12. The highest BCUT2D eigenvalue weighted by Crippen LogP contribution is 2.39. The molecule has 1 aliphatic carbocycles. The molecular formula is C6H9BrO. The first-order valence-electron chi connectivity index (χ1n) is 2.89. The fourth-order valence-corrected chi connectivity index (χ4v) is 1.50. The Hall–Kier alpha value is 0.150. The zero-order valence-electron chi connectivity index (χ0n) is 4.64. The molecule has 1 aliphatic rings. The van der Waals surface area contributed by atoms with Gasteiger partial charge in [-0.25, -0.2) is 0 Å². The first-order chi connectivity index (χ1) is 3.88. The maximum absolute atomic E-state index is 10.0. The average molecular weight is 177 g/mol. The molecule has 46 valence electrons. The van der Waals surface area contributed by atoms with Gasteiger partial charge in [0.1, 0.15) is 6.29 Å². The lowest BCUT2D eigenvalue weighted by atomic mass is 10.3. The van der Waals surface area contributed by atoms with Gasteiger partial charge in [0.05, 0.1) is 0 Å². The molecule has 0 radical (unpaired) electrons. The smallest absolute Gasteiger partial charge is 0.123 e. The Labute approximate surface area is 57.6 Å². The van der Waals surface area contributed by atoms with E-state index >= 15 is 0 Å². The van der Waals surface area contributed by atoms with E-state index in [0.29, 0.717) is 11.8 Å². The molecule has 8 heavy (non-hydrogen) atoms. The van der Waals surface area contributed by atoms with Crippen LogP contribution >= 0.6 is 15.9 Å². The van der Waals surface area contributed by atoms with Crippen LogP contribution in [0.5, 0.6) is 0 Å². The molecule has 1 saturated carbocycles. The standard InChI is InChI=1S/C6H9BrO/c7-2-1-5-3-6(5)4-8/h4-6H,1-3H2/t5-,6+/m0/s1. The van der Waals surface area contributed by atoms with E-state index in [1.165, 1.54) is 6.42 Å². The molecular weight excluding hydrogens is 168 g/mol. The second kappa shape index (κ2) is 2.62. The molecule has 0 aliphatic heterocycles. The normalized spacial score (nSPS) is 34.6. The molecule has 1 nitrogen and oxygen atoms in total. The number of carbonyl (C=O) groups is 1. The van der Waals surface area contributed by atoms with E-state index in [4.69, 9.17) is 0 Å². The van der Waals surface area contributed by atoms with E-state index in [9.17, 15) is 4.79 Å². The molecule has 0 aromatic rings. The van der Waals surface area contributed by atoms with E-state index in [-0.39, 0.29) is 0 Å². The summed E-state index contributed by atoms with van der Waals surface area (Å²) in [4.78, 5) is 10.0. The zero-order chi connectivity index (χ0) is 5.98. The molecule has 2 atom stereocenters. The maximum atomic E-state index is 10.0. The topological polar surface area (TPSA) is 17.1 Å². The third-order valence-electron chi connectivity index (χ3n) is 1.63. The SMILES string of the molecule is O=C[C@H]1C[C@@H]1CCBr. The van der Waals surface area contributed by atoms with Gasteiger partial charge in [0, 0.05) is 11.2 Å². The lowest BCUT2D eigenvalue weighted by molar-refractivity contribution is -0.109. The van der Waals surface area contributed by atoms with Crippen LogP contribution in [0.1, 0.15) is 12.8 Å². The van der Waals surface area contributed by atoms with E-state index in [1.54, 1.807) is 0 Å². The van der Waals surface area contributed by atoms with Gasteiger partial charge in [-0.1, -0.05) is 15.9 Å². The van der Waals surface area contributed by atoms with E-state index in [2.05, 4.69) is 15.9 Å². The summed E-state index contributed by atoms with van der Waals surface area (Å²) < 4.78 is 0. The quantitative estimate of drug-likeness (QED) is 0.472. The summed E-state index contributed by atoms with van der Waals surface area (Å²) >= 11 is 3.33. The number of hydrogen-bond donors (Lipinski definition) is 0. The Bertz CT molecular complexity index is 92.5. The summed E-state index contributed by atoms with van der Waals surface area (Å²) in [7, 11) is 0. The summed E-state index contributed by atoms with van der Waals surface area (Å²) in [6.07, 6.45) is 3.38. The highest BCUT2D eigenvalue weighted by atomic mass is 79.9. The minimum absolute atomic E-state index is 0.410. The van der Waals surface area contributed by atoms with Crippen LogP contribution in [-0.4, -0.2) is 11.6 Å². The summed E-state index contributed by atoms with van der Waals surface area (Å²) in [6.45, 7) is 0. The van der Waals surface area contributed by atoms with Crippen molar-refractivity contribution in [2.75, 3.05) is 5.33 Å². The third-order valence-corrected chi connectivity index (χ3v) is 2.09. The molecule has 0 heterocycles. The zero-order valence-corrected chi connectivity index (χ0v) is 6.23. The molecule has 1 fully saturated rings. The van der Waals surface area contributed by atoms with E-state index in [0.717, 1.165) is 18.0 Å². The van der Waals surface area contributed by atoms with Crippen molar-refractivity contribution < 1.29 is 4.79 Å². The number of halogens is 1. The van der Waals surface area contributed by atoms with Crippen LogP contribution in [0.3, 0.4) is 0 Å². The Morgan fingerprint density at radius 3 is 2.88 bits per heavy atom. The van der Waals surface area contributed by atoms with Crippen LogP contribution in [-0.2, 0) is 4.79 Å². The van der Waals surface area contributed by atoms with Gasteiger partial charge in [-0.3, -0.25) is 0 Å². The maximum Gasteiger partial charge on any atom is 0.123 e. The number of alkyl halides is 1.